The first-order valence-corrected chi connectivity index (χ1v) is 13.0. The van der Waals surface area contributed by atoms with Gasteiger partial charge in [-0.2, -0.15) is 4.52 Å². The Morgan fingerprint density at radius 2 is 1.90 bits per heavy atom. The topological polar surface area (TPSA) is 120 Å². The number of piperazine rings is 1. The van der Waals surface area contributed by atoms with Crippen molar-refractivity contribution in [2.45, 2.75) is 6.54 Å². The Kier molecular flexibility index (Phi) is 7.25. The standard InChI is InChI=1S/C28H29FN8O3/c1-38-11-12-39-21-4-5-24(22(29)14-21)36-8-6-35(7-9-36)18-19-13-20(17-31-16-19)23-15-26-33-27(25-3-2-10-40-25)34-37(26)28(30)32-23/h2-5,10,13-17H,6-9,11-12,18H2,1H3,(H2,30,32). The average molecular weight is 545 g/mol. The number of nitrogen functional groups attached to an aromatic ring is 1. The van der Waals surface area contributed by atoms with Gasteiger partial charge < -0.3 is 24.5 Å². The summed E-state index contributed by atoms with van der Waals surface area (Å²) in [6.07, 6.45) is 5.18. The van der Waals surface area contributed by atoms with Gasteiger partial charge >= 0.3 is 0 Å². The third-order valence-electron chi connectivity index (χ3n) is 6.78. The lowest BCUT2D eigenvalue weighted by Gasteiger charge is -2.36. The van der Waals surface area contributed by atoms with Crippen LogP contribution in [-0.2, 0) is 11.3 Å². The summed E-state index contributed by atoms with van der Waals surface area (Å²) >= 11 is 0. The van der Waals surface area contributed by atoms with Gasteiger partial charge in [0.05, 0.1) is 24.3 Å². The van der Waals surface area contributed by atoms with Gasteiger partial charge in [0.1, 0.15) is 18.2 Å². The molecule has 0 atom stereocenters. The van der Waals surface area contributed by atoms with E-state index in [1.165, 1.54) is 10.6 Å². The molecule has 1 aromatic carbocycles. The van der Waals surface area contributed by atoms with Crippen molar-refractivity contribution in [3.8, 4) is 28.6 Å². The lowest BCUT2D eigenvalue weighted by Crippen LogP contribution is -2.46. The summed E-state index contributed by atoms with van der Waals surface area (Å²) < 4.78 is 32.2. The molecule has 0 aliphatic carbocycles. The quantitative estimate of drug-likeness (QED) is 0.276. The number of nitrogens with zero attached hydrogens (tertiary/aromatic N) is 7. The Balaban J connectivity index is 1.11. The fourth-order valence-corrected chi connectivity index (χ4v) is 4.77. The van der Waals surface area contributed by atoms with Crippen LogP contribution in [0.4, 0.5) is 16.0 Å². The van der Waals surface area contributed by atoms with Crippen molar-refractivity contribution in [3.05, 3.63) is 72.5 Å². The van der Waals surface area contributed by atoms with Crippen LogP contribution in [0.3, 0.4) is 0 Å². The Morgan fingerprint density at radius 1 is 1.02 bits per heavy atom. The highest BCUT2D eigenvalue weighted by Gasteiger charge is 2.21. The SMILES string of the molecule is COCCOc1ccc(N2CCN(Cc3cncc(-c4cc5nc(-c6ccco6)nn5c(N)n4)c3)CC2)c(F)c1. The van der Waals surface area contributed by atoms with Crippen molar-refractivity contribution in [1.29, 1.82) is 0 Å². The maximum absolute atomic E-state index is 14.8. The van der Waals surface area contributed by atoms with Gasteiger partial charge in [-0.3, -0.25) is 9.88 Å². The summed E-state index contributed by atoms with van der Waals surface area (Å²) in [5, 5.41) is 4.40. The minimum absolute atomic E-state index is 0.223. The van der Waals surface area contributed by atoms with Crippen LogP contribution in [0.2, 0.25) is 0 Å². The fraction of sp³-hybridized carbons (Fsp3) is 0.286. The van der Waals surface area contributed by atoms with E-state index < -0.39 is 0 Å². The summed E-state index contributed by atoms with van der Waals surface area (Å²) in [6.45, 7) is 4.58. The number of hydrogen-bond acceptors (Lipinski definition) is 10. The minimum atomic E-state index is -0.284. The van der Waals surface area contributed by atoms with E-state index in [4.69, 9.17) is 19.6 Å². The molecule has 40 heavy (non-hydrogen) atoms. The minimum Gasteiger partial charge on any atom is -0.491 e. The highest BCUT2D eigenvalue weighted by atomic mass is 19.1. The fourth-order valence-electron chi connectivity index (χ4n) is 4.77. The first-order chi connectivity index (χ1) is 19.6. The molecule has 0 unspecified atom stereocenters. The molecule has 4 aromatic heterocycles. The maximum Gasteiger partial charge on any atom is 0.223 e. The van der Waals surface area contributed by atoms with E-state index in [9.17, 15) is 4.39 Å². The number of anilines is 2. The van der Waals surface area contributed by atoms with Crippen LogP contribution in [-0.4, -0.2) is 76.0 Å². The van der Waals surface area contributed by atoms with Crippen molar-refractivity contribution < 1.29 is 18.3 Å². The van der Waals surface area contributed by atoms with E-state index in [1.54, 1.807) is 43.8 Å². The van der Waals surface area contributed by atoms with Gasteiger partial charge in [0, 0.05) is 69.9 Å². The van der Waals surface area contributed by atoms with E-state index in [2.05, 4.69) is 35.9 Å². The molecule has 1 fully saturated rings. The molecule has 5 aromatic rings. The molecule has 0 spiro atoms. The van der Waals surface area contributed by atoms with Crippen LogP contribution < -0.4 is 15.4 Å². The highest BCUT2D eigenvalue weighted by molar-refractivity contribution is 5.66. The predicted molar refractivity (Wildman–Crippen MR) is 147 cm³/mol. The zero-order valence-corrected chi connectivity index (χ0v) is 22.0. The number of furan rings is 1. The van der Waals surface area contributed by atoms with Gasteiger partial charge in [-0.05, 0) is 35.9 Å². The number of benzene rings is 1. The second kappa shape index (κ2) is 11.3. The predicted octanol–water partition coefficient (Wildman–Crippen LogP) is 3.52. The Bertz CT molecular complexity index is 1600. The zero-order chi connectivity index (χ0) is 27.5. The van der Waals surface area contributed by atoms with Crippen molar-refractivity contribution in [3.63, 3.8) is 0 Å². The number of halogens is 1. The van der Waals surface area contributed by atoms with Gasteiger partial charge in [-0.15, -0.1) is 5.10 Å². The van der Waals surface area contributed by atoms with Crippen LogP contribution in [0.5, 0.6) is 5.75 Å². The largest absolute Gasteiger partial charge is 0.491 e. The number of ether oxygens (including phenoxy) is 2. The van der Waals surface area contributed by atoms with Crippen LogP contribution in [0.1, 0.15) is 5.56 Å². The molecule has 12 heteroatoms. The number of aromatic nitrogens is 5. The lowest BCUT2D eigenvalue weighted by atomic mass is 10.1. The van der Waals surface area contributed by atoms with Crippen LogP contribution >= 0.6 is 0 Å². The smallest absolute Gasteiger partial charge is 0.223 e. The number of hydrogen-bond donors (Lipinski definition) is 1. The van der Waals surface area contributed by atoms with Gasteiger partial charge in [-0.1, -0.05) is 0 Å². The monoisotopic (exact) mass is 544 g/mol. The number of nitrogens with two attached hydrogens (primary N) is 1. The molecule has 1 aliphatic rings. The molecule has 1 aliphatic heterocycles. The molecule has 5 heterocycles. The lowest BCUT2D eigenvalue weighted by molar-refractivity contribution is 0.146. The molecule has 0 saturated carbocycles. The number of methoxy groups -OCH3 is 1. The van der Waals surface area contributed by atoms with Crippen LogP contribution in [0, 0.1) is 5.82 Å². The third kappa shape index (κ3) is 5.44. The average Bonchev–Trinajstić information content (AvgIpc) is 3.65. The number of fused-ring (bicyclic) bond motifs is 1. The molecule has 0 bridgehead atoms. The number of pyridine rings is 1. The molecule has 11 nitrogen and oxygen atoms in total. The highest BCUT2D eigenvalue weighted by Crippen LogP contribution is 2.27. The first kappa shape index (κ1) is 25.7. The van der Waals surface area contributed by atoms with E-state index in [0.29, 0.717) is 60.7 Å². The molecule has 1 saturated heterocycles. The second-order valence-corrected chi connectivity index (χ2v) is 9.48. The van der Waals surface area contributed by atoms with Crippen LogP contribution in [0.15, 0.2) is 65.5 Å². The van der Waals surface area contributed by atoms with E-state index in [-0.39, 0.29) is 11.8 Å². The second-order valence-electron chi connectivity index (χ2n) is 9.48. The van der Waals surface area contributed by atoms with Gasteiger partial charge in [0.15, 0.2) is 11.4 Å². The Labute approximate surface area is 230 Å². The van der Waals surface area contributed by atoms with Gasteiger partial charge in [0.25, 0.3) is 0 Å². The van der Waals surface area contributed by atoms with Crippen LogP contribution in [0.25, 0.3) is 28.5 Å². The summed E-state index contributed by atoms with van der Waals surface area (Å²) in [7, 11) is 1.60. The number of rotatable bonds is 9. The van der Waals surface area contributed by atoms with E-state index in [1.807, 2.05) is 12.3 Å². The summed E-state index contributed by atoms with van der Waals surface area (Å²) in [4.78, 5) is 17.9. The summed E-state index contributed by atoms with van der Waals surface area (Å²) in [6, 6.07) is 12.5. The normalized spacial score (nSPS) is 14.2. The van der Waals surface area contributed by atoms with E-state index >= 15 is 0 Å². The summed E-state index contributed by atoms with van der Waals surface area (Å²) in [5.41, 5.74) is 9.90. The van der Waals surface area contributed by atoms with Crippen molar-refractivity contribution in [2.24, 2.45) is 0 Å². The van der Waals surface area contributed by atoms with Crippen molar-refractivity contribution in [1.82, 2.24) is 29.5 Å². The zero-order valence-electron chi connectivity index (χ0n) is 22.0. The van der Waals surface area contributed by atoms with Crippen molar-refractivity contribution in [2.75, 3.05) is 57.1 Å². The van der Waals surface area contributed by atoms with E-state index in [0.717, 1.165) is 30.8 Å². The molecule has 206 valence electrons. The van der Waals surface area contributed by atoms with Gasteiger partial charge in [0.2, 0.25) is 11.8 Å². The molecular weight excluding hydrogens is 515 g/mol. The molecule has 0 amide bonds. The Hall–Kier alpha value is -4.55. The maximum atomic E-state index is 14.8. The molecule has 2 N–H and O–H groups in total. The summed E-state index contributed by atoms with van der Waals surface area (Å²) in [5.74, 6) is 1.43. The third-order valence-corrected chi connectivity index (χ3v) is 6.78. The first-order valence-electron chi connectivity index (χ1n) is 13.0. The molecule has 0 radical (unpaired) electrons. The molecular formula is C28H29FN8O3. The van der Waals surface area contributed by atoms with Gasteiger partial charge in [-0.25, -0.2) is 14.4 Å². The Morgan fingerprint density at radius 3 is 2.67 bits per heavy atom. The molecule has 6 rings (SSSR count). The van der Waals surface area contributed by atoms with Crippen molar-refractivity contribution >= 4 is 17.3 Å².